The topological polar surface area (TPSA) is 51.2 Å². The Morgan fingerprint density at radius 1 is 1.16 bits per heavy atom. The third kappa shape index (κ3) is 5.08. The molecule has 3 rings (SSSR count). The first-order valence-electron chi connectivity index (χ1n) is 7.82. The van der Waals surface area contributed by atoms with Crippen LogP contribution in [0.3, 0.4) is 0 Å². The molecule has 0 aliphatic carbocycles. The summed E-state index contributed by atoms with van der Waals surface area (Å²) in [6, 6.07) is 17.8. The molecule has 128 valence electrons. The van der Waals surface area contributed by atoms with Gasteiger partial charge in [0, 0.05) is 28.0 Å². The molecule has 1 aromatic heterocycles. The van der Waals surface area contributed by atoms with Gasteiger partial charge in [0.15, 0.2) is 5.13 Å². The van der Waals surface area contributed by atoms with Crippen LogP contribution < -0.4 is 10.1 Å². The van der Waals surface area contributed by atoms with Crippen molar-refractivity contribution in [2.24, 2.45) is 0 Å². The number of thiazole rings is 1. The van der Waals surface area contributed by atoms with Gasteiger partial charge in [-0.15, -0.1) is 23.1 Å². The van der Waals surface area contributed by atoms with E-state index >= 15 is 0 Å². The molecule has 0 fully saturated rings. The third-order valence-electron chi connectivity index (χ3n) is 3.48. The van der Waals surface area contributed by atoms with Gasteiger partial charge < -0.3 is 10.1 Å². The van der Waals surface area contributed by atoms with E-state index in [1.54, 1.807) is 18.9 Å². The van der Waals surface area contributed by atoms with Crippen molar-refractivity contribution in [1.82, 2.24) is 4.98 Å². The molecular weight excluding hydrogens is 352 g/mol. The molecule has 0 bridgehead atoms. The van der Waals surface area contributed by atoms with E-state index in [1.807, 2.05) is 60.0 Å². The Morgan fingerprint density at radius 2 is 1.92 bits per heavy atom. The van der Waals surface area contributed by atoms with E-state index in [1.165, 1.54) is 16.2 Å². The minimum Gasteiger partial charge on any atom is -0.497 e. The van der Waals surface area contributed by atoms with Crippen molar-refractivity contribution < 1.29 is 9.53 Å². The predicted octanol–water partition coefficient (Wildman–Crippen LogP) is 4.94. The average molecular weight is 370 g/mol. The number of amides is 1. The first kappa shape index (κ1) is 17.5. The normalized spacial score (nSPS) is 10.4. The van der Waals surface area contributed by atoms with Gasteiger partial charge in [0.05, 0.1) is 12.8 Å². The van der Waals surface area contributed by atoms with E-state index < -0.39 is 0 Å². The fourth-order valence-electron chi connectivity index (χ4n) is 2.19. The Kier molecular flexibility index (Phi) is 6.09. The summed E-state index contributed by atoms with van der Waals surface area (Å²) in [5.74, 6) is 1.54. The summed E-state index contributed by atoms with van der Waals surface area (Å²) in [4.78, 5) is 17.7. The predicted molar refractivity (Wildman–Crippen MR) is 105 cm³/mol. The van der Waals surface area contributed by atoms with E-state index in [4.69, 9.17) is 4.74 Å². The Labute approximate surface area is 155 Å². The largest absolute Gasteiger partial charge is 0.497 e. The molecule has 4 nitrogen and oxygen atoms in total. The maximum absolute atomic E-state index is 12.1. The van der Waals surface area contributed by atoms with E-state index in [-0.39, 0.29) is 5.91 Å². The van der Waals surface area contributed by atoms with Crippen LogP contribution in [0.15, 0.2) is 64.9 Å². The molecule has 1 amide bonds. The van der Waals surface area contributed by atoms with Gasteiger partial charge in [-0.1, -0.05) is 18.2 Å². The zero-order valence-corrected chi connectivity index (χ0v) is 15.4. The smallest absolute Gasteiger partial charge is 0.226 e. The second-order valence-corrected chi connectivity index (χ2v) is 7.25. The van der Waals surface area contributed by atoms with Crippen LogP contribution in [0.2, 0.25) is 0 Å². The molecule has 0 unspecified atom stereocenters. The highest BCUT2D eigenvalue weighted by Gasteiger charge is 2.08. The third-order valence-corrected chi connectivity index (χ3v) is 5.25. The van der Waals surface area contributed by atoms with Gasteiger partial charge in [-0.05, 0) is 36.4 Å². The molecule has 0 spiro atoms. The van der Waals surface area contributed by atoms with Crippen molar-refractivity contribution in [1.29, 1.82) is 0 Å². The fourth-order valence-corrected chi connectivity index (χ4v) is 3.79. The summed E-state index contributed by atoms with van der Waals surface area (Å²) < 4.78 is 5.16. The first-order chi connectivity index (χ1) is 12.2. The summed E-state index contributed by atoms with van der Waals surface area (Å²) >= 11 is 3.11. The number of anilines is 1. The number of benzene rings is 2. The number of aromatic nitrogens is 1. The number of carbonyl (C=O) groups is 1. The number of rotatable bonds is 7. The lowest BCUT2D eigenvalue weighted by molar-refractivity contribution is -0.115. The average Bonchev–Trinajstić information content (AvgIpc) is 3.11. The van der Waals surface area contributed by atoms with Crippen LogP contribution in [0, 0.1) is 0 Å². The Hall–Kier alpha value is -2.31. The number of methoxy groups -OCH3 is 1. The number of hydrogen-bond donors (Lipinski definition) is 1. The Morgan fingerprint density at radius 3 is 2.64 bits per heavy atom. The molecule has 25 heavy (non-hydrogen) atoms. The summed E-state index contributed by atoms with van der Waals surface area (Å²) in [5.41, 5.74) is 1.85. The Bertz CT molecular complexity index is 817. The monoisotopic (exact) mass is 370 g/mol. The van der Waals surface area contributed by atoms with Crippen LogP contribution in [0.5, 0.6) is 5.75 Å². The van der Waals surface area contributed by atoms with Crippen molar-refractivity contribution in [3.63, 3.8) is 0 Å². The second kappa shape index (κ2) is 8.69. The lowest BCUT2D eigenvalue weighted by Crippen LogP contribution is -2.11. The van der Waals surface area contributed by atoms with Crippen molar-refractivity contribution >= 4 is 34.1 Å². The lowest BCUT2D eigenvalue weighted by atomic mass is 10.2. The fraction of sp³-hybridized carbons (Fsp3) is 0.158. The quantitative estimate of drug-likeness (QED) is 0.599. The molecule has 0 saturated carbocycles. The number of nitrogens with zero attached hydrogens (tertiary/aromatic N) is 1. The van der Waals surface area contributed by atoms with E-state index in [0.717, 1.165) is 22.8 Å². The highest BCUT2D eigenvalue weighted by Crippen LogP contribution is 2.26. The highest BCUT2D eigenvalue weighted by molar-refractivity contribution is 7.99. The van der Waals surface area contributed by atoms with Crippen LogP contribution >= 0.6 is 23.1 Å². The summed E-state index contributed by atoms with van der Waals surface area (Å²) in [6.07, 6.45) is 0.455. The maximum Gasteiger partial charge on any atom is 0.226 e. The van der Waals surface area contributed by atoms with Gasteiger partial charge >= 0.3 is 0 Å². The summed E-state index contributed by atoms with van der Waals surface area (Å²) in [7, 11) is 1.64. The molecule has 0 atom stereocenters. The Balaban J connectivity index is 1.51. The van der Waals surface area contributed by atoms with Crippen molar-refractivity contribution in [2.75, 3.05) is 18.2 Å². The maximum atomic E-state index is 12.1. The van der Waals surface area contributed by atoms with E-state index in [2.05, 4.69) is 10.3 Å². The molecule has 1 heterocycles. The minimum atomic E-state index is -0.0148. The molecule has 0 radical (unpaired) electrons. The first-order valence-corrected chi connectivity index (χ1v) is 9.69. The van der Waals surface area contributed by atoms with Crippen molar-refractivity contribution in [3.8, 4) is 17.0 Å². The molecule has 3 aromatic rings. The van der Waals surface area contributed by atoms with Gasteiger partial charge in [-0.25, -0.2) is 4.98 Å². The van der Waals surface area contributed by atoms with Crippen LogP contribution in [0.25, 0.3) is 11.3 Å². The summed E-state index contributed by atoms with van der Waals surface area (Å²) in [6.45, 7) is 0. The summed E-state index contributed by atoms with van der Waals surface area (Å²) in [5, 5.41) is 5.44. The van der Waals surface area contributed by atoms with E-state index in [0.29, 0.717) is 11.6 Å². The van der Waals surface area contributed by atoms with Crippen LogP contribution in [-0.4, -0.2) is 23.8 Å². The van der Waals surface area contributed by atoms with Gasteiger partial charge in [0.2, 0.25) is 5.91 Å². The van der Waals surface area contributed by atoms with Crippen LogP contribution in [-0.2, 0) is 4.79 Å². The number of ether oxygens (including phenoxy) is 1. The number of carbonyl (C=O) groups excluding carboxylic acids is 1. The second-order valence-electron chi connectivity index (χ2n) is 5.23. The minimum absolute atomic E-state index is 0.0148. The van der Waals surface area contributed by atoms with Gasteiger partial charge in [0.25, 0.3) is 0 Å². The molecule has 0 aliphatic heterocycles. The molecule has 6 heteroatoms. The molecule has 2 aromatic carbocycles. The van der Waals surface area contributed by atoms with Crippen LogP contribution in [0.4, 0.5) is 5.13 Å². The lowest BCUT2D eigenvalue weighted by Gasteiger charge is -2.02. The SMILES string of the molecule is COc1ccc(-c2csc(NC(=O)CCSc3ccccc3)n2)cc1. The standard InChI is InChI=1S/C19H18N2O2S2/c1-23-15-9-7-14(8-10-15)17-13-25-19(20-17)21-18(22)11-12-24-16-5-3-2-4-6-16/h2-10,13H,11-12H2,1H3,(H,20,21,22). The molecule has 0 aliphatic rings. The van der Waals surface area contributed by atoms with Gasteiger partial charge in [0.1, 0.15) is 5.75 Å². The molecular formula is C19H18N2O2S2. The highest BCUT2D eigenvalue weighted by atomic mass is 32.2. The van der Waals surface area contributed by atoms with Crippen molar-refractivity contribution in [3.05, 3.63) is 60.0 Å². The number of hydrogen-bond acceptors (Lipinski definition) is 5. The van der Waals surface area contributed by atoms with Crippen LogP contribution in [0.1, 0.15) is 6.42 Å². The van der Waals surface area contributed by atoms with Crippen molar-refractivity contribution in [2.45, 2.75) is 11.3 Å². The van der Waals surface area contributed by atoms with Gasteiger partial charge in [-0.3, -0.25) is 4.79 Å². The van der Waals surface area contributed by atoms with Gasteiger partial charge in [-0.2, -0.15) is 0 Å². The van der Waals surface area contributed by atoms with E-state index in [9.17, 15) is 4.79 Å². The zero-order chi connectivity index (χ0) is 17.5. The number of nitrogens with one attached hydrogen (secondary N) is 1. The number of thioether (sulfide) groups is 1. The zero-order valence-electron chi connectivity index (χ0n) is 13.8. The molecule has 0 saturated heterocycles. The molecule has 1 N–H and O–H groups in total.